The molecule has 0 aliphatic carbocycles. The number of piperidine rings is 1. The molecule has 198 valence electrons. The van der Waals surface area contributed by atoms with Crippen molar-refractivity contribution in [3.63, 3.8) is 0 Å². The molecule has 1 aliphatic rings. The summed E-state index contributed by atoms with van der Waals surface area (Å²) in [7, 11) is 0. The third-order valence-corrected chi connectivity index (χ3v) is 7.67. The number of Topliss-reactive ketones (excluding diaryl/α,β-unsaturated/α-hetero) is 1. The van der Waals surface area contributed by atoms with Crippen molar-refractivity contribution in [2.24, 2.45) is 5.92 Å². The predicted molar refractivity (Wildman–Crippen MR) is 155 cm³/mol. The van der Waals surface area contributed by atoms with Crippen molar-refractivity contribution in [2.75, 3.05) is 41.8 Å². The molecular formula is C29H34N6O2S. The maximum absolute atomic E-state index is 13.0. The number of benzene rings is 1. The van der Waals surface area contributed by atoms with Crippen LogP contribution in [0.3, 0.4) is 0 Å². The van der Waals surface area contributed by atoms with Gasteiger partial charge in [-0.1, -0.05) is 12.6 Å². The molecule has 3 aromatic rings. The molecule has 1 amide bonds. The number of aromatic nitrogens is 3. The van der Waals surface area contributed by atoms with E-state index in [-0.39, 0.29) is 17.6 Å². The zero-order chi connectivity index (χ0) is 26.9. The van der Waals surface area contributed by atoms with E-state index < -0.39 is 0 Å². The van der Waals surface area contributed by atoms with Crippen molar-refractivity contribution < 1.29 is 9.59 Å². The highest BCUT2D eigenvalue weighted by Gasteiger charge is 2.25. The first-order valence-electron chi connectivity index (χ1n) is 12.8. The standard InChI is InChI=1S/C29H34N6O2S/c1-20-6-7-25(17-27(20)34-29-31-12-8-26(33-29)24-5-4-11-30-18-24)32-28(37)23-9-13-35(14-10-23)15-16-38-19-21(2)22(3)36/h4-8,11-12,17-18,23H,2,9-10,13-16,19H2,1,3H3,(H,32,37)(H,31,33,34). The maximum atomic E-state index is 13.0. The summed E-state index contributed by atoms with van der Waals surface area (Å²) in [4.78, 5) is 39.8. The zero-order valence-electron chi connectivity index (χ0n) is 21.9. The molecule has 0 radical (unpaired) electrons. The Morgan fingerprint density at radius 1 is 1.16 bits per heavy atom. The second-order valence-corrected chi connectivity index (χ2v) is 10.6. The Kier molecular flexibility index (Phi) is 9.62. The number of ketones is 1. The number of hydrogen-bond donors (Lipinski definition) is 2. The number of nitrogens with zero attached hydrogens (tertiary/aromatic N) is 4. The van der Waals surface area contributed by atoms with Crippen molar-refractivity contribution >= 4 is 40.8 Å². The number of pyridine rings is 1. The minimum Gasteiger partial charge on any atom is -0.326 e. The van der Waals surface area contributed by atoms with Gasteiger partial charge in [-0.15, -0.1) is 0 Å². The summed E-state index contributed by atoms with van der Waals surface area (Å²) in [6.45, 7) is 10.1. The van der Waals surface area contributed by atoms with E-state index >= 15 is 0 Å². The number of anilines is 3. The lowest BCUT2D eigenvalue weighted by Gasteiger charge is -2.31. The van der Waals surface area contributed by atoms with Gasteiger partial charge in [-0.2, -0.15) is 11.8 Å². The molecular weight excluding hydrogens is 496 g/mol. The Balaban J connectivity index is 1.28. The van der Waals surface area contributed by atoms with E-state index in [1.165, 1.54) is 0 Å². The van der Waals surface area contributed by atoms with Gasteiger partial charge in [-0.3, -0.25) is 14.6 Å². The van der Waals surface area contributed by atoms with Gasteiger partial charge in [0, 0.05) is 59.5 Å². The molecule has 0 bridgehead atoms. The lowest BCUT2D eigenvalue weighted by Crippen LogP contribution is -2.39. The fourth-order valence-electron chi connectivity index (χ4n) is 4.20. The second-order valence-electron chi connectivity index (χ2n) is 9.48. The monoisotopic (exact) mass is 530 g/mol. The number of likely N-dealkylation sites (tertiary alicyclic amines) is 1. The summed E-state index contributed by atoms with van der Waals surface area (Å²) in [6, 6.07) is 11.5. The topological polar surface area (TPSA) is 100 Å². The van der Waals surface area contributed by atoms with Gasteiger partial charge in [0.25, 0.3) is 0 Å². The van der Waals surface area contributed by atoms with Crippen molar-refractivity contribution in [3.8, 4) is 11.3 Å². The number of aryl methyl sites for hydroxylation is 1. The molecule has 2 N–H and O–H groups in total. The van der Waals surface area contributed by atoms with E-state index in [2.05, 4.69) is 37.1 Å². The van der Waals surface area contributed by atoms with Gasteiger partial charge in [0.15, 0.2) is 5.78 Å². The molecule has 2 aromatic heterocycles. The number of rotatable bonds is 11. The van der Waals surface area contributed by atoms with Crippen molar-refractivity contribution in [1.29, 1.82) is 0 Å². The van der Waals surface area contributed by atoms with Gasteiger partial charge in [0.05, 0.1) is 5.69 Å². The minimum absolute atomic E-state index is 0.00592. The fourth-order valence-corrected chi connectivity index (χ4v) is 5.18. The lowest BCUT2D eigenvalue weighted by atomic mass is 9.96. The first-order chi connectivity index (χ1) is 18.4. The number of carbonyl (C=O) groups is 2. The molecule has 0 saturated carbocycles. The van der Waals surface area contributed by atoms with Crippen LogP contribution in [0.4, 0.5) is 17.3 Å². The molecule has 0 spiro atoms. The second kappa shape index (κ2) is 13.3. The number of nitrogens with one attached hydrogen (secondary N) is 2. The van der Waals surface area contributed by atoms with E-state index in [1.54, 1.807) is 37.3 Å². The van der Waals surface area contributed by atoms with E-state index in [9.17, 15) is 9.59 Å². The first kappa shape index (κ1) is 27.5. The van der Waals surface area contributed by atoms with Gasteiger partial charge >= 0.3 is 0 Å². The molecule has 0 atom stereocenters. The van der Waals surface area contributed by atoms with Gasteiger partial charge in [-0.05, 0) is 81.2 Å². The van der Waals surface area contributed by atoms with Crippen LogP contribution >= 0.6 is 11.8 Å². The van der Waals surface area contributed by atoms with Crippen molar-refractivity contribution in [2.45, 2.75) is 26.7 Å². The van der Waals surface area contributed by atoms with Crippen LogP contribution in [0.2, 0.25) is 0 Å². The van der Waals surface area contributed by atoms with Crippen LogP contribution in [-0.2, 0) is 9.59 Å². The molecule has 1 saturated heterocycles. The summed E-state index contributed by atoms with van der Waals surface area (Å²) in [5.41, 5.74) is 4.98. The molecule has 38 heavy (non-hydrogen) atoms. The molecule has 9 heteroatoms. The molecule has 1 aromatic carbocycles. The predicted octanol–water partition coefficient (Wildman–Crippen LogP) is 5.12. The van der Waals surface area contributed by atoms with Gasteiger partial charge in [0.2, 0.25) is 11.9 Å². The Morgan fingerprint density at radius 3 is 2.71 bits per heavy atom. The van der Waals surface area contributed by atoms with Crippen LogP contribution in [-0.4, -0.2) is 62.7 Å². The molecule has 1 fully saturated rings. The molecule has 3 heterocycles. The summed E-state index contributed by atoms with van der Waals surface area (Å²) >= 11 is 1.74. The summed E-state index contributed by atoms with van der Waals surface area (Å²) < 4.78 is 0. The lowest BCUT2D eigenvalue weighted by molar-refractivity contribution is -0.121. The summed E-state index contributed by atoms with van der Waals surface area (Å²) in [5, 5.41) is 6.39. The number of carbonyl (C=O) groups excluding carboxylic acids is 2. The van der Waals surface area contributed by atoms with Gasteiger partial charge in [-0.25, -0.2) is 9.97 Å². The quantitative estimate of drug-likeness (QED) is 0.260. The van der Waals surface area contributed by atoms with E-state index in [0.29, 0.717) is 17.3 Å². The largest absolute Gasteiger partial charge is 0.326 e. The molecule has 4 rings (SSSR count). The smallest absolute Gasteiger partial charge is 0.227 e. The van der Waals surface area contributed by atoms with Gasteiger partial charge in [0.1, 0.15) is 0 Å². The Morgan fingerprint density at radius 2 is 1.97 bits per heavy atom. The molecule has 8 nitrogen and oxygen atoms in total. The zero-order valence-corrected chi connectivity index (χ0v) is 22.8. The summed E-state index contributed by atoms with van der Waals surface area (Å²) in [6.07, 6.45) is 6.89. The average Bonchev–Trinajstić information content (AvgIpc) is 2.93. The normalized spacial score (nSPS) is 14.2. The minimum atomic E-state index is -0.00592. The summed E-state index contributed by atoms with van der Waals surface area (Å²) in [5.74, 6) is 2.23. The van der Waals surface area contributed by atoms with Crippen molar-refractivity contribution in [3.05, 3.63) is 72.7 Å². The van der Waals surface area contributed by atoms with Crippen LogP contribution in [0, 0.1) is 12.8 Å². The van der Waals surface area contributed by atoms with Crippen LogP contribution in [0.25, 0.3) is 11.3 Å². The highest BCUT2D eigenvalue weighted by atomic mass is 32.2. The van der Waals surface area contributed by atoms with Crippen LogP contribution in [0.5, 0.6) is 0 Å². The molecule has 1 aliphatic heterocycles. The SMILES string of the molecule is C=C(CSCCN1CCC(C(=O)Nc2ccc(C)c(Nc3nccc(-c4cccnc4)n3)c2)CC1)C(C)=O. The van der Waals surface area contributed by atoms with E-state index in [0.717, 1.165) is 66.4 Å². The van der Waals surface area contributed by atoms with Crippen LogP contribution in [0.1, 0.15) is 25.3 Å². The van der Waals surface area contributed by atoms with E-state index in [4.69, 9.17) is 0 Å². The van der Waals surface area contributed by atoms with Crippen LogP contribution in [0.15, 0.2) is 67.1 Å². The third-order valence-electron chi connectivity index (χ3n) is 6.65. The third kappa shape index (κ3) is 7.72. The Labute approximate surface area is 228 Å². The number of thioether (sulfide) groups is 1. The van der Waals surface area contributed by atoms with Crippen LogP contribution < -0.4 is 10.6 Å². The maximum Gasteiger partial charge on any atom is 0.227 e. The first-order valence-corrected chi connectivity index (χ1v) is 14.0. The molecule has 0 unspecified atom stereocenters. The Hall–Kier alpha value is -3.56. The number of amides is 1. The van der Waals surface area contributed by atoms with Crippen molar-refractivity contribution in [1.82, 2.24) is 19.9 Å². The number of hydrogen-bond acceptors (Lipinski definition) is 8. The highest BCUT2D eigenvalue weighted by molar-refractivity contribution is 7.99. The highest BCUT2D eigenvalue weighted by Crippen LogP contribution is 2.26. The van der Waals surface area contributed by atoms with Gasteiger partial charge < -0.3 is 15.5 Å². The Bertz CT molecular complexity index is 1280. The average molecular weight is 531 g/mol. The van der Waals surface area contributed by atoms with E-state index in [1.807, 2.05) is 43.3 Å². The fraction of sp³-hybridized carbons (Fsp3) is 0.345.